The Labute approximate surface area is 134 Å². The van der Waals surface area contributed by atoms with Gasteiger partial charge in [0.15, 0.2) is 0 Å². The zero-order valence-corrected chi connectivity index (χ0v) is 13.6. The van der Waals surface area contributed by atoms with Crippen molar-refractivity contribution in [1.29, 1.82) is 0 Å². The summed E-state index contributed by atoms with van der Waals surface area (Å²) in [5.41, 5.74) is 1.06. The van der Waals surface area contributed by atoms with Gasteiger partial charge in [0.05, 0.1) is 10.0 Å². The molecule has 1 atom stereocenters. The van der Waals surface area contributed by atoms with Crippen molar-refractivity contribution in [2.24, 2.45) is 0 Å². The highest BCUT2D eigenvalue weighted by molar-refractivity contribution is 6.42. The van der Waals surface area contributed by atoms with Crippen molar-refractivity contribution in [1.82, 2.24) is 5.32 Å². The van der Waals surface area contributed by atoms with E-state index in [1.165, 1.54) is 0 Å². The molecule has 1 N–H and O–H groups in total. The Kier molecular flexibility index (Phi) is 9.16. The molecule has 0 amide bonds. The van der Waals surface area contributed by atoms with Gasteiger partial charge in [0.25, 0.3) is 6.43 Å². The molecule has 120 valence electrons. The summed E-state index contributed by atoms with van der Waals surface area (Å²) in [7, 11) is 0. The van der Waals surface area contributed by atoms with Gasteiger partial charge in [-0.05, 0) is 43.5 Å². The predicted molar refractivity (Wildman–Crippen MR) is 83.7 cm³/mol. The monoisotopic (exact) mass is 339 g/mol. The molecule has 1 unspecified atom stereocenters. The van der Waals surface area contributed by atoms with Crippen molar-refractivity contribution >= 4 is 23.2 Å². The number of nitrogens with one attached hydrogen (secondary N) is 1. The Hall–Kier alpha value is -0.420. The second kappa shape index (κ2) is 10.3. The second-order valence-electron chi connectivity index (χ2n) is 4.86. The van der Waals surface area contributed by atoms with Crippen LogP contribution in [0.5, 0.6) is 0 Å². The first-order valence-electron chi connectivity index (χ1n) is 7.06. The molecule has 0 aliphatic rings. The minimum Gasteiger partial charge on any atom is -0.375 e. The molecule has 0 heterocycles. The van der Waals surface area contributed by atoms with Crippen molar-refractivity contribution in [3.05, 3.63) is 33.8 Å². The lowest BCUT2D eigenvalue weighted by atomic mass is 10.0. The Morgan fingerprint density at radius 1 is 1.24 bits per heavy atom. The van der Waals surface area contributed by atoms with Crippen LogP contribution in [0.25, 0.3) is 0 Å². The molecule has 0 aliphatic heterocycles. The largest absolute Gasteiger partial charge is 0.375 e. The molecule has 21 heavy (non-hydrogen) atoms. The predicted octanol–water partition coefficient (Wildman–Crippen LogP) is 4.58. The highest BCUT2D eigenvalue weighted by Gasteiger charge is 2.11. The number of hydrogen-bond donors (Lipinski definition) is 1. The van der Waals surface area contributed by atoms with E-state index in [0.717, 1.165) is 24.9 Å². The van der Waals surface area contributed by atoms with Crippen molar-refractivity contribution in [3.63, 3.8) is 0 Å². The van der Waals surface area contributed by atoms with E-state index in [4.69, 9.17) is 27.9 Å². The van der Waals surface area contributed by atoms with Gasteiger partial charge in [-0.15, -0.1) is 0 Å². The van der Waals surface area contributed by atoms with E-state index in [9.17, 15) is 8.78 Å². The standard InChI is InChI=1S/C15H21Cl2F2NO/c1-2-6-20-12(5-7-21-10-15(18)19)8-11-3-4-13(16)14(17)9-11/h3-4,9,12,15,20H,2,5-8,10H2,1H3. The van der Waals surface area contributed by atoms with Crippen molar-refractivity contribution in [2.75, 3.05) is 19.8 Å². The van der Waals surface area contributed by atoms with Gasteiger partial charge in [0.1, 0.15) is 6.61 Å². The molecule has 0 saturated carbocycles. The minimum atomic E-state index is -2.41. The fourth-order valence-corrected chi connectivity index (χ4v) is 2.29. The van der Waals surface area contributed by atoms with Crippen LogP contribution in [0.1, 0.15) is 25.3 Å². The van der Waals surface area contributed by atoms with Crippen molar-refractivity contribution in [2.45, 2.75) is 38.7 Å². The topological polar surface area (TPSA) is 21.3 Å². The quantitative estimate of drug-likeness (QED) is 0.630. The average Bonchev–Trinajstić information content (AvgIpc) is 2.44. The second-order valence-corrected chi connectivity index (χ2v) is 5.67. The van der Waals surface area contributed by atoms with Crippen LogP contribution in [0, 0.1) is 0 Å². The summed E-state index contributed by atoms with van der Waals surface area (Å²) in [4.78, 5) is 0. The van der Waals surface area contributed by atoms with Gasteiger partial charge < -0.3 is 10.1 Å². The van der Waals surface area contributed by atoms with E-state index in [1.807, 2.05) is 12.1 Å². The van der Waals surface area contributed by atoms with Gasteiger partial charge in [-0.25, -0.2) is 8.78 Å². The van der Waals surface area contributed by atoms with Crippen LogP contribution in [-0.4, -0.2) is 32.2 Å². The number of halogens is 4. The molecule has 2 nitrogen and oxygen atoms in total. The fourth-order valence-electron chi connectivity index (χ4n) is 1.97. The summed E-state index contributed by atoms with van der Waals surface area (Å²) in [5, 5.41) is 4.45. The first kappa shape index (κ1) is 18.6. The van der Waals surface area contributed by atoms with E-state index in [0.29, 0.717) is 23.1 Å². The van der Waals surface area contributed by atoms with Crippen molar-refractivity contribution in [3.8, 4) is 0 Å². The van der Waals surface area contributed by atoms with E-state index in [2.05, 4.69) is 12.2 Å². The van der Waals surface area contributed by atoms with Gasteiger partial charge in [-0.3, -0.25) is 0 Å². The third-order valence-corrected chi connectivity index (χ3v) is 3.74. The first-order chi connectivity index (χ1) is 10.0. The van der Waals surface area contributed by atoms with Crippen LogP contribution in [0.15, 0.2) is 18.2 Å². The number of ether oxygens (including phenoxy) is 1. The molecular formula is C15H21Cl2F2NO. The number of rotatable bonds is 10. The zero-order chi connectivity index (χ0) is 15.7. The third kappa shape index (κ3) is 7.96. The zero-order valence-electron chi connectivity index (χ0n) is 12.0. The Morgan fingerprint density at radius 2 is 2.00 bits per heavy atom. The molecular weight excluding hydrogens is 319 g/mol. The van der Waals surface area contributed by atoms with Gasteiger partial charge >= 0.3 is 0 Å². The highest BCUT2D eigenvalue weighted by atomic mass is 35.5. The Balaban J connectivity index is 2.49. The summed E-state index contributed by atoms with van der Waals surface area (Å²) in [6, 6.07) is 5.70. The summed E-state index contributed by atoms with van der Waals surface area (Å²) in [6.45, 7) is 2.76. The van der Waals surface area contributed by atoms with Gasteiger partial charge in [0.2, 0.25) is 0 Å². The molecule has 1 rings (SSSR count). The lowest BCUT2D eigenvalue weighted by Gasteiger charge is -2.19. The lowest BCUT2D eigenvalue weighted by molar-refractivity contribution is 0.0144. The SMILES string of the molecule is CCCNC(CCOCC(F)F)Cc1ccc(Cl)c(Cl)c1. The molecule has 0 fully saturated rings. The maximum Gasteiger partial charge on any atom is 0.261 e. The summed E-state index contributed by atoms with van der Waals surface area (Å²) >= 11 is 11.9. The molecule has 6 heteroatoms. The van der Waals surface area contributed by atoms with Gasteiger partial charge in [-0.1, -0.05) is 36.2 Å². The number of hydrogen-bond acceptors (Lipinski definition) is 2. The van der Waals surface area contributed by atoms with E-state index in [1.54, 1.807) is 6.07 Å². The first-order valence-corrected chi connectivity index (χ1v) is 7.81. The van der Waals surface area contributed by atoms with E-state index < -0.39 is 13.0 Å². The smallest absolute Gasteiger partial charge is 0.261 e. The normalized spacial score (nSPS) is 12.9. The Morgan fingerprint density at radius 3 is 2.62 bits per heavy atom. The molecule has 0 bridgehead atoms. The number of alkyl halides is 2. The molecule has 1 aromatic carbocycles. The van der Waals surface area contributed by atoms with E-state index in [-0.39, 0.29) is 6.04 Å². The Bertz CT molecular complexity index is 419. The maximum atomic E-state index is 12.0. The number of benzene rings is 1. The van der Waals surface area contributed by atoms with Crippen LogP contribution in [0.3, 0.4) is 0 Å². The molecule has 1 aromatic rings. The van der Waals surface area contributed by atoms with Crippen LogP contribution < -0.4 is 5.32 Å². The fraction of sp³-hybridized carbons (Fsp3) is 0.600. The summed E-state index contributed by atoms with van der Waals surface area (Å²) < 4.78 is 29.0. The molecule has 0 spiro atoms. The lowest BCUT2D eigenvalue weighted by Crippen LogP contribution is -2.33. The molecule has 0 radical (unpaired) electrons. The molecule has 0 saturated heterocycles. The van der Waals surface area contributed by atoms with Crippen molar-refractivity contribution < 1.29 is 13.5 Å². The minimum absolute atomic E-state index is 0.167. The van der Waals surface area contributed by atoms with Crippen LogP contribution in [0.2, 0.25) is 10.0 Å². The van der Waals surface area contributed by atoms with Gasteiger partial charge in [-0.2, -0.15) is 0 Å². The maximum absolute atomic E-state index is 12.0. The summed E-state index contributed by atoms with van der Waals surface area (Å²) in [5.74, 6) is 0. The third-order valence-electron chi connectivity index (χ3n) is 3.00. The highest BCUT2D eigenvalue weighted by Crippen LogP contribution is 2.23. The summed E-state index contributed by atoms with van der Waals surface area (Å²) in [6.07, 6.45) is 0.0274. The van der Waals surface area contributed by atoms with Gasteiger partial charge in [0, 0.05) is 12.6 Å². The molecule has 0 aromatic heterocycles. The van der Waals surface area contributed by atoms with Crippen LogP contribution in [0.4, 0.5) is 8.78 Å². The van der Waals surface area contributed by atoms with E-state index >= 15 is 0 Å². The molecule has 0 aliphatic carbocycles. The van der Waals surface area contributed by atoms with Crippen LogP contribution >= 0.6 is 23.2 Å². The average molecular weight is 340 g/mol. The van der Waals surface area contributed by atoms with Crippen LogP contribution in [-0.2, 0) is 11.2 Å².